The van der Waals surface area contributed by atoms with Gasteiger partial charge in [-0.05, 0) is 18.6 Å². The topological polar surface area (TPSA) is 60.2 Å². The second-order valence-corrected chi connectivity index (χ2v) is 4.00. The monoisotopic (exact) mass is 247 g/mol. The summed E-state index contributed by atoms with van der Waals surface area (Å²) in [5, 5.41) is 14.5. The first-order valence-electron chi connectivity index (χ1n) is 5.93. The molecular formula is C13H17N3O2. The van der Waals surface area contributed by atoms with E-state index in [2.05, 4.69) is 10.1 Å². The summed E-state index contributed by atoms with van der Waals surface area (Å²) in [4.78, 5) is 4.04. The van der Waals surface area contributed by atoms with Gasteiger partial charge in [0, 0.05) is 25.4 Å². The molecule has 2 rings (SSSR count). The Labute approximate surface area is 106 Å². The van der Waals surface area contributed by atoms with E-state index in [1.807, 2.05) is 19.1 Å². The highest BCUT2D eigenvalue weighted by Gasteiger charge is 2.19. The van der Waals surface area contributed by atoms with Crippen LogP contribution in [0.4, 0.5) is 0 Å². The number of pyridine rings is 1. The van der Waals surface area contributed by atoms with Crippen molar-refractivity contribution in [2.75, 3.05) is 7.11 Å². The van der Waals surface area contributed by atoms with Crippen molar-refractivity contribution in [3.63, 3.8) is 0 Å². The molecule has 2 aromatic rings. The molecule has 0 aliphatic carbocycles. The van der Waals surface area contributed by atoms with E-state index in [-0.39, 0.29) is 0 Å². The predicted molar refractivity (Wildman–Crippen MR) is 67.4 cm³/mol. The third-order valence-electron chi connectivity index (χ3n) is 2.83. The largest absolute Gasteiger partial charge is 0.493 e. The lowest BCUT2D eigenvalue weighted by Gasteiger charge is -2.14. The van der Waals surface area contributed by atoms with Gasteiger partial charge in [-0.15, -0.1) is 0 Å². The number of methoxy groups -OCH3 is 1. The minimum Gasteiger partial charge on any atom is -0.493 e. The van der Waals surface area contributed by atoms with E-state index in [0.717, 1.165) is 5.56 Å². The molecule has 2 heterocycles. The number of aliphatic hydroxyl groups excluding tert-OH is 1. The number of nitrogens with zero attached hydrogens (tertiary/aromatic N) is 3. The van der Waals surface area contributed by atoms with Crippen molar-refractivity contribution in [2.24, 2.45) is 0 Å². The third-order valence-corrected chi connectivity index (χ3v) is 2.83. The highest BCUT2D eigenvalue weighted by molar-refractivity contribution is 5.28. The lowest BCUT2D eigenvalue weighted by molar-refractivity contribution is 0.162. The van der Waals surface area contributed by atoms with Crippen molar-refractivity contribution in [3.05, 3.63) is 42.0 Å². The van der Waals surface area contributed by atoms with Crippen LogP contribution in [0.2, 0.25) is 0 Å². The van der Waals surface area contributed by atoms with Crippen LogP contribution in [-0.2, 0) is 13.0 Å². The quantitative estimate of drug-likeness (QED) is 0.871. The van der Waals surface area contributed by atoms with Crippen LogP contribution in [0.1, 0.15) is 24.3 Å². The molecule has 1 N–H and O–H groups in total. The summed E-state index contributed by atoms with van der Waals surface area (Å²) in [6.45, 7) is 2.68. The molecule has 5 heteroatoms. The smallest absolute Gasteiger partial charge is 0.162 e. The Bertz CT molecular complexity index is 475. The molecule has 0 saturated heterocycles. The normalized spacial score (nSPS) is 12.4. The van der Waals surface area contributed by atoms with E-state index < -0.39 is 6.10 Å². The SMILES string of the molecule is CCn1ncc(OC)c1C(O)Cc1cccnc1. The molecule has 0 amide bonds. The maximum atomic E-state index is 10.3. The number of ether oxygens (including phenoxy) is 1. The van der Waals surface area contributed by atoms with Crippen molar-refractivity contribution < 1.29 is 9.84 Å². The molecule has 0 aliphatic rings. The van der Waals surface area contributed by atoms with Gasteiger partial charge in [-0.2, -0.15) is 5.10 Å². The van der Waals surface area contributed by atoms with Gasteiger partial charge in [-0.1, -0.05) is 6.07 Å². The minimum absolute atomic E-state index is 0.496. The van der Waals surface area contributed by atoms with E-state index >= 15 is 0 Å². The first-order chi connectivity index (χ1) is 8.76. The van der Waals surface area contributed by atoms with Gasteiger partial charge in [0.2, 0.25) is 0 Å². The summed E-state index contributed by atoms with van der Waals surface area (Å²) in [5.41, 5.74) is 1.69. The molecule has 96 valence electrons. The average Bonchev–Trinajstić information content (AvgIpc) is 2.82. The van der Waals surface area contributed by atoms with Crippen LogP contribution in [0.25, 0.3) is 0 Å². The Morgan fingerprint density at radius 1 is 1.44 bits per heavy atom. The zero-order chi connectivity index (χ0) is 13.0. The Morgan fingerprint density at radius 2 is 2.28 bits per heavy atom. The lowest BCUT2D eigenvalue weighted by Crippen LogP contribution is -2.11. The van der Waals surface area contributed by atoms with Gasteiger partial charge in [0.25, 0.3) is 0 Å². The van der Waals surface area contributed by atoms with Crippen LogP contribution >= 0.6 is 0 Å². The molecule has 1 atom stereocenters. The Morgan fingerprint density at radius 3 is 2.89 bits per heavy atom. The van der Waals surface area contributed by atoms with Crippen LogP contribution in [0.3, 0.4) is 0 Å². The Balaban J connectivity index is 2.22. The number of aromatic nitrogens is 3. The molecule has 5 nitrogen and oxygen atoms in total. The molecular weight excluding hydrogens is 230 g/mol. The molecule has 2 aromatic heterocycles. The first-order valence-corrected chi connectivity index (χ1v) is 5.93. The summed E-state index contributed by atoms with van der Waals surface area (Å²) >= 11 is 0. The van der Waals surface area contributed by atoms with Gasteiger partial charge in [0.05, 0.1) is 13.3 Å². The van der Waals surface area contributed by atoms with Crippen LogP contribution in [0, 0.1) is 0 Å². The van der Waals surface area contributed by atoms with Crippen molar-refractivity contribution in [1.82, 2.24) is 14.8 Å². The number of aryl methyl sites for hydroxylation is 1. The highest BCUT2D eigenvalue weighted by Crippen LogP contribution is 2.27. The molecule has 0 spiro atoms. The molecule has 1 unspecified atom stereocenters. The number of hydrogen-bond acceptors (Lipinski definition) is 4. The minimum atomic E-state index is -0.647. The standard InChI is InChI=1S/C13H17N3O2/c1-3-16-13(12(18-2)9-15-16)11(17)7-10-5-4-6-14-8-10/h4-6,8-9,11,17H,3,7H2,1-2H3. The number of hydrogen-bond donors (Lipinski definition) is 1. The number of rotatable bonds is 5. The second kappa shape index (κ2) is 5.64. The van der Waals surface area contributed by atoms with E-state index in [1.165, 1.54) is 0 Å². The fraction of sp³-hybridized carbons (Fsp3) is 0.385. The summed E-state index contributed by atoms with van der Waals surface area (Å²) in [6, 6.07) is 3.80. The molecule has 0 aromatic carbocycles. The van der Waals surface area contributed by atoms with Gasteiger partial charge >= 0.3 is 0 Å². The number of aliphatic hydroxyl groups is 1. The fourth-order valence-corrected chi connectivity index (χ4v) is 1.96. The van der Waals surface area contributed by atoms with Crippen LogP contribution in [0.15, 0.2) is 30.7 Å². The van der Waals surface area contributed by atoms with Crippen molar-refractivity contribution >= 4 is 0 Å². The van der Waals surface area contributed by atoms with Crippen molar-refractivity contribution in [2.45, 2.75) is 26.0 Å². The van der Waals surface area contributed by atoms with Crippen LogP contribution in [0.5, 0.6) is 5.75 Å². The maximum Gasteiger partial charge on any atom is 0.162 e. The van der Waals surface area contributed by atoms with Gasteiger partial charge in [-0.3, -0.25) is 9.67 Å². The van der Waals surface area contributed by atoms with Gasteiger partial charge in [0.1, 0.15) is 11.8 Å². The van der Waals surface area contributed by atoms with E-state index in [4.69, 9.17) is 4.74 Å². The van der Waals surface area contributed by atoms with Crippen LogP contribution in [-0.4, -0.2) is 27.0 Å². The zero-order valence-electron chi connectivity index (χ0n) is 10.6. The van der Waals surface area contributed by atoms with Gasteiger partial charge < -0.3 is 9.84 Å². The highest BCUT2D eigenvalue weighted by atomic mass is 16.5. The van der Waals surface area contributed by atoms with E-state index in [0.29, 0.717) is 24.4 Å². The van der Waals surface area contributed by atoms with Gasteiger partial charge in [-0.25, -0.2) is 0 Å². The molecule has 0 bridgehead atoms. The lowest BCUT2D eigenvalue weighted by atomic mass is 10.1. The third kappa shape index (κ3) is 2.51. The predicted octanol–water partition coefficient (Wildman–Crippen LogP) is 1.58. The second-order valence-electron chi connectivity index (χ2n) is 4.00. The van der Waals surface area contributed by atoms with Crippen molar-refractivity contribution in [3.8, 4) is 5.75 Å². The first kappa shape index (κ1) is 12.6. The molecule has 0 aliphatic heterocycles. The summed E-state index contributed by atoms with van der Waals surface area (Å²) in [7, 11) is 1.58. The van der Waals surface area contributed by atoms with Gasteiger partial charge in [0.15, 0.2) is 5.75 Å². The van der Waals surface area contributed by atoms with Crippen LogP contribution < -0.4 is 4.74 Å². The Hall–Kier alpha value is -1.88. The zero-order valence-corrected chi connectivity index (χ0v) is 10.6. The van der Waals surface area contributed by atoms with Crippen molar-refractivity contribution in [1.29, 1.82) is 0 Å². The summed E-state index contributed by atoms with van der Waals surface area (Å²) in [6.07, 6.45) is 4.95. The molecule has 0 radical (unpaired) electrons. The molecule has 0 fully saturated rings. The average molecular weight is 247 g/mol. The summed E-state index contributed by atoms with van der Waals surface area (Å²) in [5.74, 6) is 0.619. The van der Waals surface area contributed by atoms with E-state index in [1.54, 1.807) is 30.4 Å². The maximum absolute atomic E-state index is 10.3. The Kier molecular flexibility index (Phi) is 3.94. The molecule has 0 saturated carbocycles. The summed E-state index contributed by atoms with van der Waals surface area (Å²) < 4.78 is 6.98. The fourth-order valence-electron chi connectivity index (χ4n) is 1.96. The van der Waals surface area contributed by atoms with E-state index in [9.17, 15) is 5.11 Å². The molecule has 18 heavy (non-hydrogen) atoms.